The number of hydrogen-bond donors (Lipinski definition) is 4. The molecule has 0 aliphatic carbocycles. The minimum absolute atomic E-state index is 0.0526. The Morgan fingerprint density at radius 1 is 0.576 bits per heavy atom. The maximum absolute atomic E-state index is 11.0. The maximum atomic E-state index is 11.0. The Labute approximate surface area is 378 Å². The van der Waals surface area contributed by atoms with Crippen molar-refractivity contribution in [1.82, 2.24) is 19.9 Å². The van der Waals surface area contributed by atoms with Crippen molar-refractivity contribution < 1.29 is 15.0 Å². The third-order valence-electron chi connectivity index (χ3n) is 7.87. The molecule has 0 amide bonds. The largest absolute Gasteiger partial charge is 0.506 e. The summed E-state index contributed by atoms with van der Waals surface area (Å²) in [5.74, 6) is 1.14. The minimum Gasteiger partial charge on any atom is -0.506 e. The van der Waals surface area contributed by atoms with Gasteiger partial charge < -0.3 is 21.3 Å². The third kappa shape index (κ3) is 12.8. The highest BCUT2D eigenvalue weighted by Crippen LogP contribution is 2.38. The van der Waals surface area contributed by atoms with Gasteiger partial charge in [0.1, 0.15) is 40.5 Å². The number of benzene rings is 4. The minimum atomic E-state index is -0.526. The topological polar surface area (TPSA) is 147 Å². The first-order valence-electron chi connectivity index (χ1n) is 16.8. The van der Waals surface area contributed by atoms with E-state index in [4.69, 9.17) is 98.5 Å². The van der Waals surface area contributed by atoms with Crippen molar-refractivity contribution in [1.29, 1.82) is 0 Å². The van der Waals surface area contributed by atoms with Gasteiger partial charge in [-0.25, -0.2) is 9.97 Å². The first-order valence-corrected chi connectivity index (χ1v) is 19.9. The average molecular weight is 948 g/mol. The Bertz CT molecular complexity index is 2700. The predicted octanol–water partition coefficient (Wildman–Crippen LogP) is 13.9. The van der Waals surface area contributed by atoms with Crippen LogP contribution in [0.5, 0.6) is 11.5 Å². The number of carbonyl (C=O) groups excluding carboxylic acids is 1. The number of nitrogen functional groups attached to an aromatic ring is 1. The van der Waals surface area contributed by atoms with Gasteiger partial charge in [-0.15, -0.1) is 0 Å². The lowest BCUT2D eigenvalue weighted by Crippen LogP contribution is -2.14. The maximum Gasteiger partial charge on any atom is 0.150 e. The average Bonchev–Trinajstić information content (AvgIpc) is 3.20. The van der Waals surface area contributed by atoms with Crippen LogP contribution in [0.25, 0.3) is 21.8 Å². The van der Waals surface area contributed by atoms with Gasteiger partial charge in [0, 0.05) is 78.9 Å². The summed E-state index contributed by atoms with van der Waals surface area (Å²) in [4.78, 5) is 26.5. The van der Waals surface area contributed by atoms with Gasteiger partial charge in [-0.2, -0.15) is 0 Å². The molecule has 17 heteroatoms. The van der Waals surface area contributed by atoms with E-state index in [1.165, 1.54) is 18.5 Å². The normalized spacial score (nSPS) is 10.9. The number of nitrogens with zero attached hydrogens (tertiary/aromatic N) is 4. The number of aromatic hydroxyl groups is 2. The fourth-order valence-corrected chi connectivity index (χ4v) is 6.87. The van der Waals surface area contributed by atoms with Crippen LogP contribution in [-0.4, -0.2) is 36.4 Å². The van der Waals surface area contributed by atoms with Gasteiger partial charge in [0.2, 0.25) is 0 Å². The summed E-state index contributed by atoms with van der Waals surface area (Å²) in [6.07, 6.45) is 6.88. The molecule has 4 heterocycles. The SMILES string of the molecule is Nc1cc(Cl)c(Cl)cn1.O=Cc1cc(Cl)cc(Cl)c1.Oc1c(C(Nc2cc(Cl)c(Cl)cn2)c2cc(Cl)cc(Cl)c2)ccc2cccnc12.Oc1cccc2cccnc12. The Morgan fingerprint density at radius 3 is 1.68 bits per heavy atom. The van der Waals surface area contributed by atoms with Crippen molar-refractivity contribution in [3.05, 3.63) is 185 Å². The number of hydrogen-bond acceptors (Lipinski definition) is 9. The van der Waals surface area contributed by atoms with Gasteiger partial charge in [0.15, 0.2) is 0 Å². The Balaban J connectivity index is 0.000000179. The molecule has 0 saturated carbocycles. The Hall–Kier alpha value is -4.81. The van der Waals surface area contributed by atoms with E-state index in [2.05, 4.69) is 25.3 Å². The van der Waals surface area contributed by atoms with E-state index < -0.39 is 6.04 Å². The molecule has 8 aromatic rings. The molecule has 4 aromatic carbocycles. The third-order valence-corrected chi connectivity index (χ3v) is 10.2. The van der Waals surface area contributed by atoms with E-state index in [1.54, 1.807) is 67.0 Å². The van der Waals surface area contributed by atoms with Crippen LogP contribution in [0.4, 0.5) is 11.6 Å². The number of phenols is 2. The number of phenolic OH excluding ortho intramolecular Hbond substituents is 2. The van der Waals surface area contributed by atoms with Crippen LogP contribution in [-0.2, 0) is 0 Å². The second-order valence-corrected chi connectivity index (χ2v) is 15.4. The quantitative estimate of drug-likeness (QED) is 0.124. The molecular weight excluding hydrogens is 920 g/mol. The number of nitrogens with two attached hydrogens (primary N) is 1. The van der Waals surface area contributed by atoms with Gasteiger partial charge in [0.05, 0.1) is 26.1 Å². The number of rotatable bonds is 5. The monoisotopic (exact) mass is 944 g/mol. The lowest BCUT2D eigenvalue weighted by Gasteiger charge is -2.22. The van der Waals surface area contributed by atoms with Crippen LogP contribution < -0.4 is 11.1 Å². The van der Waals surface area contributed by atoms with Crippen molar-refractivity contribution >= 4 is 133 Å². The summed E-state index contributed by atoms with van der Waals surface area (Å²) in [6.45, 7) is 0. The fraction of sp³-hybridized carbons (Fsp3) is 0.0238. The molecule has 59 heavy (non-hydrogen) atoms. The Kier molecular flexibility index (Phi) is 16.5. The zero-order valence-electron chi connectivity index (χ0n) is 30.0. The van der Waals surface area contributed by atoms with Crippen LogP contribution in [0.1, 0.15) is 27.5 Å². The van der Waals surface area contributed by atoms with Crippen molar-refractivity contribution in [2.75, 3.05) is 11.1 Å². The summed E-state index contributed by atoms with van der Waals surface area (Å²) in [7, 11) is 0. The summed E-state index contributed by atoms with van der Waals surface area (Å²) in [5.41, 5.74) is 8.25. The van der Waals surface area contributed by atoms with E-state index in [0.29, 0.717) is 80.3 Å². The van der Waals surface area contributed by atoms with E-state index in [0.717, 1.165) is 16.3 Å². The van der Waals surface area contributed by atoms with Crippen molar-refractivity contribution in [3.63, 3.8) is 0 Å². The molecule has 8 rings (SSSR count). The van der Waals surface area contributed by atoms with E-state index >= 15 is 0 Å². The molecule has 300 valence electrons. The van der Waals surface area contributed by atoms with Gasteiger partial charge in [-0.3, -0.25) is 14.8 Å². The van der Waals surface area contributed by atoms with Gasteiger partial charge in [-0.05, 0) is 60.2 Å². The van der Waals surface area contributed by atoms with E-state index in [-0.39, 0.29) is 11.5 Å². The molecule has 5 N–H and O–H groups in total. The zero-order valence-corrected chi connectivity index (χ0v) is 36.0. The van der Waals surface area contributed by atoms with Gasteiger partial charge in [-0.1, -0.05) is 129 Å². The molecule has 0 fully saturated rings. The summed E-state index contributed by atoms with van der Waals surface area (Å²) < 4.78 is 0. The molecule has 0 bridgehead atoms. The van der Waals surface area contributed by atoms with Crippen molar-refractivity contribution in [2.24, 2.45) is 0 Å². The molecule has 0 radical (unpaired) electrons. The number of fused-ring (bicyclic) bond motifs is 2. The van der Waals surface area contributed by atoms with E-state index in [1.807, 2.05) is 42.5 Å². The zero-order chi connectivity index (χ0) is 42.6. The number of halogens is 8. The van der Waals surface area contributed by atoms with Gasteiger partial charge in [0.25, 0.3) is 0 Å². The molecule has 9 nitrogen and oxygen atoms in total. The standard InChI is InChI=1S/C21H13Cl4N3O.C9H7NO.C7H4Cl2O.C5H4Cl2N2/c22-13-6-12(7-14(23)8-13)19(28-18-9-16(24)17(25)10-27-18)15-4-3-11-2-1-5-26-20(11)21(15)29;11-8-5-1-3-7-4-2-6-10-9(7)8;8-6-1-5(4-10)2-7(9)3-6;6-3-1-5(8)9-2-4(3)7/h1-10,19,29H,(H,27,28);1-6,11H;1-4H;1-2H,(H2,8,9). The Morgan fingerprint density at radius 2 is 1.12 bits per heavy atom. The van der Waals surface area contributed by atoms with Gasteiger partial charge >= 0.3 is 0 Å². The number of aldehydes is 1. The van der Waals surface area contributed by atoms with E-state index in [9.17, 15) is 15.0 Å². The first-order chi connectivity index (χ1) is 28.2. The lowest BCUT2D eigenvalue weighted by atomic mass is 9.96. The van der Waals surface area contributed by atoms with Crippen LogP contribution >= 0.6 is 92.8 Å². The first kappa shape index (κ1) is 45.3. The highest BCUT2D eigenvalue weighted by atomic mass is 35.5. The molecule has 1 unspecified atom stereocenters. The number of pyridine rings is 4. The molecule has 1 atom stereocenters. The number of aromatic nitrogens is 4. The lowest BCUT2D eigenvalue weighted by molar-refractivity contribution is 0.112. The molecule has 0 aliphatic heterocycles. The second kappa shape index (κ2) is 21.4. The smallest absolute Gasteiger partial charge is 0.150 e. The number of carbonyl (C=O) groups is 1. The second-order valence-electron chi connectivity index (χ2n) is 12.0. The summed E-state index contributed by atoms with van der Waals surface area (Å²) in [6, 6.07) is 29.0. The highest BCUT2D eigenvalue weighted by molar-refractivity contribution is 6.42. The van der Waals surface area contributed by atoms with Crippen molar-refractivity contribution in [2.45, 2.75) is 6.04 Å². The molecular formula is C42H28Cl8N6O3. The molecule has 0 saturated heterocycles. The van der Waals surface area contributed by atoms with Crippen LogP contribution in [0.15, 0.2) is 128 Å². The number of anilines is 2. The van der Waals surface area contributed by atoms with Crippen LogP contribution in [0.3, 0.4) is 0 Å². The number of para-hydroxylation sites is 1. The predicted molar refractivity (Wildman–Crippen MR) is 244 cm³/mol. The molecule has 4 aromatic heterocycles. The molecule has 0 spiro atoms. The van der Waals surface area contributed by atoms with Crippen LogP contribution in [0.2, 0.25) is 40.2 Å². The van der Waals surface area contributed by atoms with Crippen LogP contribution in [0, 0.1) is 0 Å². The summed E-state index contributed by atoms with van der Waals surface area (Å²) in [5, 5.41) is 28.8. The number of nitrogens with one attached hydrogen (secondary N) is 1. The highest BCUT2D eigenvalue weighted by Gasteiger charge is 2.22. The van der Waals surface area contributed by atoms with Crippen molar-refractivity contribution in [3.8, 4) is 11.5 Å². The molecule has 0 aliphatic rings. The fourth-order valence-electron chi connectivity index (χ4n) is 5.26. The summed E-state index contributed by atoms with van der Waals surface area (Å²) >= 11 is 46.8.